The van der Waals surface area contributed by atoms with Crippen molar-refractivity contribution in [3.8, 4) is 0 Å². The van der Waals surface area contributed by atoms with Gasteiger partial charge in [-0.25, -0.2) is 0 Å². The van der Waals surface area contributed by atoms with E-state index in [9.17, 15) is 0 Å². The fraction of sp³-hybridized carbons (Fsp3) is 0.947. The number of hydrogen-bond donors (Lipinski definition) is 2. The van der Waals surface area contributed by atoms with Crippen molar-refractivity contribution in [1.29, 1.82) is 0 Å². The number of unbranched alkanes of at least 4 members (excludes halogenated alkanes) is 1. The summed E-state index contributed by atoms with van der Waals surface area (Å²) in [5.74, 6) is 3.96. The van der Waals surface area contributed by atoms with E-state index in [0.717, 1.165) is 30.3 Å². The van der Waals surface area contributed by atoms with E-state index in [0.29, 0.717) is 6.04 Å². The van der Waals surface area contributed by atoms with Gasteiger partial charge >= 0.3 is 0 Å². The lowest BCUT2D eigenvalue weighted by atomic mass is 9.98. The molecule has 0 atom stereocenters. The highest BCUT2D eigenvalue weighted by molar-refractivity contribution is 5.80. The number of hydrogen-bond acceptors (Lipinski definition) is 2. The molecule has 0 unspecified atom stereocenters. The molecule has 0 radical (unpaired) electrons. The fourth-order valence-corrected chi connectivity index (χ4v) is 4.05. The highest BCUT2D eigenvalue weighted by Gasteiger charge is 2.41. The van der Waals surface area contributed by atoms with Crippen LogP contribution in [0.25, 0.3) is 0 Å². The van der Waals surface area contributed by atoms with Gasteiger partial charge in [0.15, 0.2) is 5.96 Å². The fourth-order valence-electron chi connectivity index (χ4n) is 4.05. The zero-order valence-electron chi connectivity index (χ0n) is 15.2. The van der Waals surface area contributed by atoms with E-state index in [1.54, 1.807) is 0 Å². The molecule has 4 nitrogen and oxygen atoms in total. The van der Waals surface area contributed by atoms with E-state index in [2.05, 4.69) is 27.4 Å². The van der Waals surface area contributed by atoms with Crippen molar-refractivity contribution >= 4 is 5.96 Å². The molecule has 2 saturated carbocycles. The van der Waals surface area contributed by atoms with E-state index >= 15 is 0 Å². The normalized spacial score (nSPS) is 24.2. The third-order valence-electron chi connectivity index (χ3n) is 5.94. The van der Waals surface area contributed by atoms with Crippen LogP contribution in [0.2, 0.25) is 0 Å². The summed E-state index contributed by atoms with van der Waals surface area (Å²) in [5.41, 5.74) is 0. The summed E-state index contributed by atoms with van der Waals surface area (Å²) in [6.07, 6.45) is 11.0. The molecule has 1 saturated heterocycles. The molecule has 0 aromatic carbocycles. The Morgan fingerprint density at radius 3 is 2.26 bits per heavy atom. The third-order valence-corrected chi connectivity index (χ3v) is 5.94. The number of piperidine rings is 1. The number of nitrogens with one attached hydrogen (secondary N) is 2. The number of aliphatic imine (C=N–C) groups is 1. The van der Waals surface area contributed by atoms with Crippen LogP contribution < -0.4 is 10.6 Å². The molecule has 2 aliphatic carbocycles. The van der Waals surface area contributed by atoms with Gasteiger partial charge < -0.3 is 15.5 Å². The topological polar surface area (TPSA) is 39.7 Å². The Balaban J connectivity index is 1.36. The molecule has 0 aromatic heterocycles. The molecule has 4 heteroatoms. The largest absolute Gasteiger partial charge is 0.356 e. The maximum absolute atomic E-state index is 4.46. The van der Waals surface area contributed by atoms with Crippen LogP contribution in [0.4, 0.5) is 0 Å². The van der Waals surface area contributed by atoms with Crippen molar-refractivity contribution in [1.82, 2.24) is 15.5 Å². The van der Waals surface area contributed by atoms with Gasteiger partial charge in [0.1, 0.15) is 0 Å². The first kappa shape index (κ1) is 17.1. The van der Waals surface area contributed by atoms with Crippen molar-refractivity contribution in [3.63, 3.8) is 0 Å². The minimum Gasteiger partial charge on any atom is -0.356 e. The molecular formula is C19H36N4. The molecule has 3 rings (SSSR count). The van der Waals surface area contributed by atoms with E-state index in [4.69, 9.17) is 0 Å². The standard InChI is InChI=1S/C19H36N4/c1-3-4-11-23-12-9-17(10-13-23)22-19(20-2)21-14-18(15-5-6-15)16-7-8-16/h15-18H,3-14H2,1-2H3,(H2,20,21,22). The molecule has 0 aromatic rings. The van der Waals surface area contributed by atoms with Crippen molar-refractivity contribution < 1.29 is 0 Å². The molecule has 0 spiro atoms. The maximum Gasteiger partial charge on any atom is 0.191 e. The smallest absolute Gasteiger partial charge is 0.191 e. The Hall–Kier alpha value is -0.770. The van der Waals surface area contributed by atoms with E-state index in [1.165, 1.54) is 71.0 Å². The molecular weight excluding hydrogens is 284 g/mol. The van der Waals surface area contributed by atoms with Gasteiger partial charge in [0.25, 0.3) is 0 Å². The second kappa shape index (κ2) is 8.36. The van der Waals surface area contributed by atoms with E-state index < -0.39 is 0 Å². The summed E-state index contributed by atoms with van der Waals surface area (Å²) in [6, 6.07) is 0.597. The van der Waals surface area contributed by atoms with Gasteiger partial charge in [-0.1, -0.05) is 13.3 Å². The average Bonchev–Trinajstić information content (AvgIpc) is 3.47. The van der Waals surface area contributed by atoms with Gasteiger partial charge in [0.2, 0.25) is 0 Å². The Morgan fingerprint density at radius 1 is 1.09 bits per heavy atom. The maximum atomic E-state index is 4.46. The number of nitrogens with zero attached hydrogens (tertiary/aromatic N) is 2. The van der Waals surface area contributed by atoms with Gasteiger partial charge in [-0.2, -0.15) is 0 Å². The number of rotatable bonds is 8. The highest BCUT2D eigenvalue weighted by atomic mass is 15.2. The molecule has 0 amide bonds. The lowest BCUT2D eigenvalue weighted by Crippen LogP contribution is -2.49. The summed E-state index contributed by atoms with van der Waals surface area (Å²) in [5, 5.41) is 7.30. The molecule has 0 bridgehead atoms. The van der Waals surface area contributed by atoms with Crippen LogP contribution in [0.15, 0.2) is 4.99 Å². The van der Waals surface area contributed by atoms with Crippen LogP contribution in [0.5, 0.6) is 0 Å². The third kappa shape index (κ3) is 5.37. The zero-order valence-corrected chi connectivity index (χ0v) is 15.2. The summed E-state index contributed by atoms with van der Waals surface area (Å²) >= 11 is 0. The van der Waals surface area contributed by atoms with Crippen LogP contribution in [-0.4, -0.2) is 50.1 Å². The quantitative estimate of drug-likeness (QED) is 0.534. The van der Waals surface area contributed by atoms with Crippen molar-refractivity contribution in [2.45, 2.75) is 64.3 Å². The first-order chi connectivity index (χ1) is 11.3. The van der Waals surface area contributed by atoms with Crippen LogP contribution >= 0.6 is 0 Å². The lowest BCUT2D eigenvalue weighted by molar-refractivity contribution is 0.203. The minimum absolute atomic E-state index is 0.597. The summed E-state index contributed by atoms with van der Waals surface area (Å²) in [6.45, 7) is 7.16. The molecule has 1 aliphatic heterocycles. The second-order valence-corrected chi connectivity index (χ2v) is 7.91. The van der Waals surface area contributed by atoms with Gasteiger partial charge in [-0.3, -0.25) is 4.99 Å². The average molecular weight is 321 g/mol. The second-order valence-electron chi connectivity index (χ2n) is 7.91. The van der Waals surface area contributed by atoms with Gasteiger partial charge in [0, 0.05) is 32.7 Å². The van der Waals surface area contributed by atoms with E-state index in [1.807, 2.05) is 7.05 Å². The van der Waals surface area contributed by atoms with Gasteiger partial charge in [0.05, 0.1) is 0 Å². The van der Waals surface area contributed by atoms with Crippen LogP contribution in [-0.2, 0) is 0 Å². The highest BCUT2D eigenvalue weighted by Crippen LogP contribution is 2.48. The molecule has 23 heavy (non-hydrogen) atoms. The predicted molar refractivity (Wildman–Crippen MR) is 97.8 cm³/mol. The summed E-state index contributed by atoms with van der Waals surface area (Å²) < 4.78 is 0. The molecule has 3 fully saturated rings. The van der Waals surface area contributed by atoms with Crippen LogP contribution in [0.3, 0.4) is 0 Å². The lowest BCUT2D eigenvalue weighted by Gasteiger charge is -2.33. The Bertz CT molecular complexity index is 367. The van der Waals surface area contributed by atoms with Crippen molar-refractivity contribution in [2.24, 2.45) is 22.7 Å². The molecule has 1 heterocycles. The first-order valence-corrected chi connectivity index (χ1v) is 9.99. The zero-order chi connectivity index (χ0) is 16.1. The first-order valence-electron chi connectivity index (χ1n) is 9.99. The monoisotopic (exact) mass is 320 g/mol. The number of guanidine groups is 1. The Morgan fingerprint density at radius 2 is 1.74 bits per heavy atom. The molecule has 132 valence electrons. The van der Waals surface area contributed by atoms with Gasteiger partial charge in [-0.05, 0) is 69.2 Å². The summed E-state index contributed by atoms with van der Waals surface area (Å²) in [4.78, 5) is 7.08. The van der Waals surface area contributed by atoms with Crippen LogP contribution in [0.1, 0.15) is 58.3 Å². The Labute approximate surface area is 142 Å². The van der Waals surface area contributed by atoms with E-state index in [-0.39, 0.29) is 0 Å². The van der Waals surface area contributed by atoms with Crippen molar-refractivity contribution in [2.75, 3.05) is 33.2 Å². The minimum atomic E-state index is 0.597. The number of likely N-dealkylation sites (tertiary alicyclic amines) is 1. The predicted octanol–water partition coefficient (Wildman–Crippen LogP) is 2.85. The molecule has 3 aliphatic rings. The van der Waals surface area contributed by atoms with Crippen molar-refractivity contribution in [3.05, 3.63) is 0 Å². The van der Waals surface area contributed by atoms with Gasteiger partial charge in [-0.15, -0.1) is 0 Å². The SMILES string of the molecule is CCCCN1CCC(NC(=NC)NCC(C2CC2)C2CC2)CC1. The summed E-state index contributed by atoms with van der Waals surface area (Å²) in [7, 11) is 1.91. The van der Waals surface area contributed by atoms with Crippen LogP contribution in [0, 0.1) is 17.8 Å². The Kier molecular flexibility index (Phi) is 6.21. The molecule has 2 N–H and O–H groups in total.